The number of nitrogens with zero attached hydrogens (tertiary/aromatic N) is 3. The van der Waals surface area contributed by atoms with Crippen LogP contribution in [0.1, 0.15) is 37.0 Å². The van der Waals surface area contributed by atoms with E-state index in [9.17, 15) is 9.90 Å². The normalized spacial score (nSPS) is 12.9. The fraction of sp³-hybridized carbons (Fsp3) is 0.700. The van der Waals surface area contributed by atoms with Gasteiger partial charge >= 0.3 is 0 Å². The highest BCUT2D eigenvalue weighted by Crippen LogP contribution is 2.09. The molecular weight excluding hydrogens is 210 g/mol. The molecule has 1 heterocycles. The van der Waals surface area contributed by atoms with Crippen molar-refractivity contribution < 1.29 is 14.5 Å². The lowest BCUT2D eigenvalue weighted by atomic mass is 10.2. The van der Waals surface area contributed by atoms with Crippen LogP contribution >= 0.6 is 0 Å². The molecule has 0 aromatic carbocycles. The first kappa shape index (κ1) is 12.6. The van der Waals surface area contributed by atoms with E-state index in [0.29, 0.717) is 5.69 Å². The van der Waals surface area contributed by atoms with Crippen molar-refractivity contribution in [2.24, 2.45) is 0 Å². The first-order chi connectivity index (χ1) is 7.43. The summed E-state index contributed by atoms with van der Waals surface area (Å²) in [5.41, 5.74) is 0.663. The highest BCUT2D eigenvalue weighted by atomic mass is 16.6. The minimum atomic E-state index is -0.577. The summed E-state index contributed by atoms with van der Waals surface area (Å²) in [4.78, 5) is 13.6. The second-order valence-electron chi connectivity index (χ2n) is 4.10. The van der Waals surface area contributed by atoms with Gasteiger partial charge in [-0.25, -0.2) is 4.63 Å². The number of aryl methyl sites for hydroxylation is 1. The Morgan fingerprint density at radius 2 is 2.06 bits per heavy atom. The van der Waals surface area contributed by atoms with Crippen molar-refractivity contribution in [3.05, 3.63) is 11.4 Å². The van der Waals surface area contributed by atoms with Gasteiger partial charge in [0.15, 0.2) is 5.69 Å². The second kappa shape index (κ2) is 5.07. The van der Waals surface area contributed by atoms with Crippen LogP contribution in [0.25, 0.3) is 0 Å². The smallest absolute Gasteiger partial charge is 0.278 e. The summed E-state index contributed by atoms with van der Waals surface area (Å²) in [5.74, 6) is -0.269. The van der Waals surface area contributed by atoms with Crippen LogP contribution in [-0.2, 0) is 0 Å². The van der Waals surface area contributed by atoms with Crippen molar-refractivity contribution >= 4 is 5.91 Å². The number of aromatic nitrogens is 2. The average molecular weight is 227 g/mol. The molecule has 1 aromatic rings. The Morgan fingerprint density at radius 3 is 2.44 bits per heavy atom. The van der Waals surface area contributed by atoms with Crippen molar-refractivity contribution in [3.63, 3.8) is 0 Å². The lowest BCUT2D eigenvalue weighted by Gasteiger charge is -2.27. The molecule has 1 N–H and O–H groups in total. The third-order valence-corrected chi connectivity index (χ3v) is 2.20. The SMILES string of the molecule is Cc1nonc1C(=O)N(CC(C)O)C(C)C. The first-order valence-electron chi connectivity index (χ1n) is 5.21. The van der Waals surface area contributed by atoms with Gasteiger partial charge in [0, 0.05) is 12.6 Å². The van der Waals surface area contributed by atoms with Gasteiger partial charge in [-0.2, -0.15) is 0 Å². The van der Waals surface area contributed by atoms with E-state index in [0.717, 1.165) is 0 Å². The molecule has 0 spiro atoms. The van der Waals surface area contributed by atoms with Gasteiger partial charge in [0.05, 0.1) is 6.10 Å². The molecule has 1 aromatic heterocycles. The van der Waals surface area contributed by atoms with Crippen LogP contribution in [0.5, 0.6) is 0 Å². The van der Waals surface area contributed by atoms with Gasteiger partial charge in [-0.1, -0.05) is 5.16 Å². The zero-order valence-electron chi connectivity index (χ0n) is 9.97. The molecule has 16 heavy (non-hydrogen) atoms. The molecule has 1 atom stereocenters. The summed E-state index contributed by atoms with van der Waals surface area (Å²) in [6.07, 6.45) is -0.577. The van der Waals surface area contributed by atoms with Crippen LogP contribution in [0, 0.1) is 6.92 Å². The molecule has 6 nitrogen and oxygen atoms in total. The maximum Gasteiger partial charge on any atom is 0.278 e. The lowest BCUT2D eigenvalue weighted by Crippen LogP contribution is -2.41. The number of carbonyl (C=O) groups is 1. The maximum atomic E-state index is 12.1. The Hall–Kier alpha value is -1.43. The van der Waals surface area contributed by atoms with E-state index in [1.54, 1.807) is 13.8 Å². The third-order valence-electron chi connectivity index (χ3n) is 2.20. The van der Waals surface area contributed by atoms with Gasteiger partial charge in [0.2, 0.25) is 0 Å². The first-order valence-corrected chi connectivity index (χ1v) is 5.21. The Morgan fingerprint density at radius 1 is 1.44 bits per heavy atom. The summed E-state index contributed by atoms with van der Waals surface area (Å²) >= 11 is 0. The van der Waals surface area contributed by atoms with Crippen molar-refractivity contribution in [1.82, 2.24) is 15.2 Å². The standard InChI is InChI=1S/C10H17N3O3/c1-6(2)13(5-7(3)14)10(15)9-8(4)11-16-12-9/h6-7,14H,5H2,1-4H3. The van der Waals surface area contributed by atoms with Crippen LogP contribution < -0.4 is 0 Å². The van der Waals surface area contributed by atoms with Crippen LogP contribution in [0.3, 0.4) is 0 Å². The summed E-state index contributed by atoms with van der Waals surface area (Å²) in [7, 11) is 0. The van der Waals surface area contributed by atoms with Crippen molar-refractivity contribution in [2.45, 2.75) is 39.8 Å². The predicted molar refractivity (Wildman–Crippen MR) is 56.9 cm³/mol. The Bertz CT molecular complexity index is 360. The molecule has 0 bridgehead atoms. The largest absolute Gasteiger partial charge is 0.392 e. The van der Waals surface area contributed by atoms with Crippen LogP contribution in [0.15, 0.2) is 4.63 Å². The molecule has 0 fully saturated rings. The molecule has 1 rings (SSSR count). The van der Waals surface area contributed by atoms with E-state index in [1.807, 2.05) is 13.8 Å². The van der Waals surface area contributed by atoms with Gasteiger partial charge in [-0.15, -0.1) is 0 Å². The number of hydrogen-bond donors (Lipinski definition) is 1. The molecule has 0 saturated heterocycles. The highest BCUT2D eigenvalue weighted by Gasteiger charge is 2.24. The third kappa shape index (κ3) is 2.79. The average Bonchev–Trinajstić information content (AvgIpc) is 2.59. The van der Waals surface area contributed by atoms with E-state index in [1.165, 1.54) is 4.90 Å². The molecule has 6 heteroatoms. The topological polar surface area (TPSA) is 79.5 Å². The number of hydrogen-bond acceptors (Lipinski definition) is 5. The van der Waals surface area contributed by atoms with Crippen LogP contribution in [-0.4, -0.2) is 44.9 Å². The van der Waals surface area contributed by atoms with E-state index >= 15 is 0 Å². The van der Waals surface area contributed by atoms with Crippen molar-refractivity contribution in [3.8, 4) is 0 Å². The Labute approximate surface area is 94.2 Å². The number of aliphatic hydroxyl groups is 1. The molecule has 0 aliphatic heterocycles. The monoisotopic (exact) mass is 227 g/mol. The molecule has 0 saturated carbocycles. The zero-order valence-corrected chi connectivity index (χ0v) is 9.97. The number of amides is 1. The fourth-order valence-electron chi connectivity index (χ4n) is 1.37. The predicted octanol–water partition coefficient (Wildman–Crippen LogP) is 0.609. The maximum absolute atomic E-state index is 12.1. The molecule has 0 aliphatic carbocycles. The fourth-order valence-corrected chi connectivity index (χ4v) is 1.37. The molecular formula is C10H17N3O3. The zero-order chi connectivity index (χ0) is 12.3. The van der Waals surface area contributed by atoms with E-state index < -0.39 is 6.10 Å². The summed E-state index contributed by atoms with van der Waals surface area (Å²) < 4.78 is 4.49. The Balaban J connectivity index is 2.88. The van der Waals surface area contributed by atoms with E-state index in [4.69, 9.17) is 0 Å². The molecule has 1 amide bonds. The minimum absolute atomic E-state index is 0.0156. The summed E-state index contributed by atoms with van der Waals surface area (Å²) in [5, 5.41) is 16.5. The summed E-state index contributed by atoms with van der Waals surface area (Å²) in [6.45, 7) is 7.32. The van der Waals surface area contributed by atoms with E-state index in [2.05, 4.69) is 14.9 Å². The summed E-state index contributed by atoms with van der Waals surface area (Å²) in [6, 6.07) is -0.0156. The van der Waals surface area contributed by atoms with E-state index in [-0.39, 0.29) is 24.2 Å². The number of carbonyl (C=O) groups excluding carboxylic acids is 1. The van der Waals surface area contributed by atoms with Crippen LogP contribution in [0.2, 0.25) is 0 Å². The number of rotatable bonds is 4. The highest BCUT2D eigenvalue weighted by molar-refractivity contribution is 5.93. The number of aliphatic hydroxyl groups excluding tert-OH is 1. The molecule has 0 aliphatic rings. The lowest BCUT2D eigenvalue weighted by molar-refractivity contribution is 0.0568. The van der Waals surface area contributed by atoms with Gasteiger partial charge in [-0.3, -0.25) is 4.79 Å². The van der Waals surface area contributed by atoms with Gasteiger partial charge in [0.25, 0.3) is 5.91 Å². The van der Waals surface area contributed by atoms with Crippen LogP contribution in [0.4, 0.5) is 0 Å². The van der Waals surface area contributed by atoms with Gasteiger partial charge in [-0.05, 0) is 32.9 Å². The molecule has 0 radical (unpaired) electrons. The minimum Gasteiger partial charge on any atom is -0.392 e. The Kier molecular flexibility index (Phi) is 4.00. The van der Waals surface area contributed by atoms with Gasteiger partial charge in [0.1, 0.15) is 5.69 Å². The second-order valence-corrected chi connectivity index (χ2v) is 4.10. The van der Waals surface area contributed by atoms with Crippen molar-refractivity contribution in [2.75, 3.05) is 6.54 Å². The van der Waals surface area contributed by atoms with Gasteiger partial charge < -0.3 is 10.0 Å². The molecule has 1 unspecified atom stereocenters. The quantitative estimate of drug-likeness (QED) is 0.815. The molecule has 90 valence electrons. The van der Waals surface area contributed by atoms with Crippen molar-refractivity contribution in [1.29, 1.82) is 0 Å².